The second-order valence-electron chi connectivity index (χ2n) is 7.41. The maximum atomic E-state index is 12.9. The third kappa shape index (κ3) is 5.07. The highest BCUT2D eigenvalue weighted by Crippen LogP contribution is 2.17. The highest BCUT2D eigenvalue weighted by Gasteiger charge is 2.10. The molecule has 0 saturated heterocycles. The summed E-state index contributed by atoms with van der Waals surface area (Å²) in [4.78, 5) is 40.7. The van der Waals surface area contributed by atoms with Crippen molar-refractivity contribution in [3.05, 3.63) is 89.0 Å². The summed E-state index contributed by atoms with van der Waals surface area (Å²) >= 11 is 0. The highest BCUT2D eigenvalue weighted by molar-refractivity contribution is 5.92. The number of rotatable bonds is 6. The summed E-state index contributed by atoms with van der Waals surface area (Å²) < 4.78 is 7.03. The Labute approximate surface area is 189 Å². The monoisotopic (exact) mass is 442 g/mol. The number of amides is 2. The number of para-hydroxylation sites is 1. The van der Waals surface area contributed by atoms with Crippen molar-refractivity contribution < 1.29 is 14.3 Å². The number of aromatic nitrogens is 2. The number of hydrogen-bond donors (Lipinski definition) is 2. The Morgan fingerprint density at radius 1 is 0.909 bits per heavy atom. The zero-order valence-corrected chi connectivity index (χ0v) is 18.2. The van der Waals surface area contributed by atoms with Crippen LogP contribution in [0.15, 0.2) is 77.6 Å². The van der Waals surface area contributed by atoms with Gasteiger partial charge in [-0.15, -0.1) is 0 Å². The van der Waals surface area contributed by atoms with Crippen LogP contribution in [0.3, 0.4) is 0 Å². The Bertz CT molecular complexity index is 1380. The number of carbonyl (C=O) groups excluding carboxylic acids is 2. The Morgan fingerprint density at radius 3 is 2.24 bits per heavy atom. The number of ether oxygens (including phenoxy) is 1. The molecule has 166 valence electrons. The molecule has 0 unspecified atom stereocenters. The van der Waals surface area contributed by atoms with E-state index < -0.39 is 0 Å². The first-order valence-corrected chi connectivity index (χ1v) is 10.3. The molecule has 8 heteroatoms. The van der Waals surface area contributed by atoms with Crippen LogP contribution < -0.4 is 20.9 Å². The molecule has 0 bridgehead atoms. The van der Waals surface area contributed by atoms with Gasteiger partial charge in [-0.2, -0.15) is 0 Å². The minimum atomic E-state index is -0.325. The number of nitrogens with zero attached hydrogens (tertiary/aromatic N) is 2. The average Bonchev–Trinajstić information content (AvgIpc) is 2.79. The van der Waals surface area contributed by atoms with Crippen LogP contribution in [0, 0.1) is 6.92 Å². The molecule has 1 heterocycles. The van der Waals surface area contributed by atoms with E-state index in [9.17, 15) is 14.4 Å². The van der Waals surface area contributed by atoms with Gasteiger partial charge in [-0.3, -0.25) is 19.0 Å². The van der Waals surface area contributed by atoms with Crippen LogP contribution in [0.25, 0.3) is 16.6 Å². The maximum absolute atomic E-state index is 12.9. The van der Waals surface area contributed by atoms with Crippen molar-refractivity contribution in [2.75, 3.05) is 17.2 Å². The van der Waals surface area contributed by atoms with Gasteiger partial charge in [0.1, 0.15) is 11.6 Å². The molecule has 0 saturated carbocycles. The standard InChI is InChI=1S/C25H22N4O4/c1-16-26-23-6-4-3-5-22(23)25(32)29(16)20-11-7-19(8-12-20)28-24(31)15-33-21-13-9-18(10-14-21)27-17(2)30/h3-14H,15H2,1-2H3,(H,27,30)(H,28,31). The third-order valence-corrected chi connectivity index (χ3v) is 4.90. The van der Waals surface area contributed by atoms with E-state index in [1.54, 1.807) is 66.1 Å². The van der Waals surface area contributed by atoms with Gasteiger partial charge in [0, 0.05) is 18.3 Å². The topological polar surface area (TPSA) is 102 Å². The molecule has 0 aliphatic rings. The number of fused-ring (bicyclic) bond motifs is 1. The van der Waals surface area contributed by atoms with Crippen molar-refractivity contribution in [1.82, 2.24) is 9.55 Å². The van der Waals surface area contributed by atoms with Gasteiger partial charge in [-0.05, 0) is 67.6 Å². The quantitative estimate of drug-likeness (QED) is 0.474. The molecule has 0 spiro atoms. The Kier molecular flexibility index (Phi) is 6.17. The molecule has 8 nitrogen and oxygen atoms in total. The number of anilines is 2. The number of nitrogens with one attached hydrogen (secondary N) is 2. The molecular weight excluding hydrogens is 420 g/mol. The summed E-state index contributed by atoms with van der Waals surface area (Å²) in [5.74, 6) is 0.599. The lowest BCUT2D eigenvalue weighted by atomic mass is 10.2. The molecule has 0 aliphatic carbocycles. The first-order chi connectivity index (χ1) is 15.9. The molecule has 2 N–H and O–H groups in total. The molecule has 33 heavy (non-hydrogen) atoms. The van der Waals surface area contributed by atoms with Crippen molar-refractivity contribution in [2.45, 2.75) is 13.8 Å². The SMILES string of the molecule is CC(=O)Nc1ccc(OCC(=O)Nc2ccc(-n3c(C)nc4ccccc4c3=O)cc2)cc1. The van der Waals surface area contributed by atoms with Crippen LogP contribution in [-0.2, 0) is 9.59 Å². The molecule has 3 aromatic carbocycles. The second-order valence-corrected chi connectivity index (χ2v) is 7.41. The zero-order chi connectivity index (χ0) is 23.4. The van der Waals surface area contributed by atoms with Crippen LogP contribution >= 0.6 is 0 Å². The highest BCUT2D eigenvalue weighted by atomic mass is 16.5. The van der Waals surface area contributed by atoms with E-state index in [0.717, 1.165) is 0 Å². The summed E-state index contributed by atoms with van der Waals surface area (Å²) in [6.07, 6.45) is 0. The minimum Gasteiger partial charge on any atom is -0.484 e. The van der Waals surface area contributed by atoms with Gasteiger partial charge in [0.25, 0.3) is 11.5 Å². The van der Waals surface area contributed by atoms with Gasteiger partial charge in [0.2, 0.25) is 5.91 Å². The second kappa shape index (κ2) is 9.35. The van der Waals surface area contributed by atoms with E-state index in [2.05, 4.69) is 15.6 Å². The number of aryl methyl sites for hydroxylation is 1. The van der Waals surface area contributed by atoms with Gasteiger partial charge in [-0.1, -0.05) is 12.1 Å². The van der Waals surface area contributed by atoms with E-state index in [4.69, 9.17) is 4.74 Å². The van der Waals surface area contributed by atoms with Crippen LogP contribution in [-0.4, -0.2) is 28.0 Å². The van der Waals surface area contributed by atoms with E-state index >= 15 is 0 Å². The van der Waals surface area contributed by atoms with Crippen LogP contribution in [0.2, 0.25) is 0 Å². The molecule has 4 aromatic rings. The van der Waals surface area contributed by atoms with Crippen molar-refractivity contribution >= 4 is 34.1 Å². The van der Waals surface area contributed by atoms with Crippen molar-refractivity contribution in [3.8, 4) is 11.4 Å². The van der Waals surface area contributed by atoms with Crippen molar-refractivity contribution in [3.63, 3.8) is 0 Å². The van der Waals surface area contributed by atoms with E-state index in [-0.39, 0.29) is 24.0 Å². The smallest absolute Gasteiger partial charge is 0.265 e. The van der Waals surface area contributed by atoms with Crippen LogP contribution in [0.1, 0.15) is 12.7 Å². The summed E-state index contributed by atoms with van der Waals surface area (Å²) in [5, 5.41) is 5.97. The summed E-state index contributed by atoms with van der Waals surface area (Å²) in [5.41, 5.74) is 2.39. The molecule has 0 radical (unpaired) electrons. The largest absolute Gasteiger partial charge is 0.484 e. The number of hydrogen-bond acceptors (Lipinski definition) is 5. The van der Waals surface area contributed by atoms with Gasteiger partial charge in [0.15, 0.2) is 6.61 Å². The number of carbonyl (C=O) groups is 2. The average molecular weight is 442 g/mol. The fourth-order valence-electron chi connectivity index (χ4n) is 3.43. The lowest BCUT2D eigenvalue weighted by Crippen LogP contribution is -2.22. The van der Waals surface area contributed by atoms with Gasteiger partial charge >= 0.3 is 0 Å². The lowest BCUT2D eigenvalue weighted by Gasteiger charge is -2.12. The molecule has 4 rings (SSSR count). The molecule has 2 amide bonds. The summed E-state index contributed by atoms with van der Waals surface area (Å²) in [6.45, 7) is 3.04. The summed E-state index contributed by atoms with van der Waals surface area (Å²) in [6, 6.07) is 20.9. The third-order valence-electron chi connectivity index (χ3n) is 4.90. The summed E-state index contributed by atoms with van der Waals surface area (Å²) in [7, 11) is 0. The molecule has 1 aromatic heterocycles. The van der Waals surface area contributed by atoms with Crippen molar-refractivity contribution in [1.29, 1.82) is 0 Å². The minimum absolute atomic E-state index is 0.146. The fraction of sp³-hybridized carbons (Fsp3) is 0.120. The van der Waals surface area contributed by atoms with E-state index in [1.807, 2.05) is 18.2 Å². The first-order valence-electron chi connectivity index (χ1n) is 10.3. The molecule has 0 aliphatic heterocycles. The van der Waals surface area contributed by atoms with Crippen molar-refractivity contribution in [2.24, 2.45) is 0 Å². The maximum Gasteiger partial charge on any atom is 0.265 e. The van der Waals surface area contributed by atoms with Gasteiger partial charge in [-0.25, -0.2) is 4.98 Å². The normalized spacial score (nSPS) is 10.6. The van der Waals surface area contributed by atoms with E-state index in [0.29, 0.717) is 39.5 Å². The first kappa shape index (κ1) is 21.8. The molecule has 0 fully saturated rings. The van der Waals surface area contributed by atoms with E-state index in [1.165, 1.54) is 6.92 Å². The Hall–Kier alpha value is -4.46. The number of benzene rings is 3. The fourth-order valence-corrected chi connectivity index (χ4v) is 3.43. The Morgan fingerprint density at radius 2 is 1.55 bits per heavy atom. The van der Waals surface area contributed by atoms with Gasteiger partial charge < -0.3 is 15.4 Å². The van der Waals surface area contributed by atoms with Gasteiger partial charge in [0.05, 0.1) is 16.6 Å². The molecule has 0 atom stereocenters. The lowest BCUT2D eigenvalue weighted by molar-refractivity contribution is -0.118. The zero-order valence-electron chi connectivity index (χ0n) is 18.2. The van der Waals surface area contributed by atoms with Crippen LogP contribution in [0.5, 0.6) is 5.75 Å². The molecular formula is C25H22N4O4. The predicted octanol–water partition coefficient (Wildman–Crippen LogP) is 3.67. The van der Waals surface area contributed by atoms with Crippen LogP contribution in [0.4, 0.5) is 11.4 Å². The predicted molar refractivity (Wildman–Crippen MR) is 127 cm³/mol. The Balaban J connectivity index is 1.41.